The molecule has 0 radical (unpaired) electrons. The largest absolute Gasteiger partial charge is 0.367 e. The Morgan fingerprint density at radius 1 is 1.58 bits per heavy atom. The number of nitrogens with zero attached hydrogens (tertiary/aromatic N) is 4. The van der Waals surface area contributed by atoms with Crippen molar-refractivity contribution >= 4 is 17.8 Å². The first-order chi connectivity index (χ1) is 9.10. The van der Waals surface area contributed by atoms with Crippen LogP contribution in [0.15, 0.2) is 6.33 Å². The molecule has 0 aromatic carbocycles. The first-order valence-corrected chi connectivity index (χ1v) is 6.24. The number of anilines is 1. The summed E-state index contributed by atoms with van der Waals surface area (Å²) in [6.07, 6.45) is 3.08. The van der Waals surface area contributed by atoms with Gasteiger partial charge in [0, 0.05) is 20.1 Å². The highest BCUT2D eigenvalue weighted by Gasteiger charge is 2.27. The molecule has 2 heterocycles. The topological polar surface area (TPSA) is 106 Å². The lowest BCUT2D eigenvalue weighted by molar-refractivity contribution is -0.136. The predicted octanol–water partition coefficient (Wildman–Crippen LogP) is -1.16. The maximum Gasteiger partial charge on any atom is 0.244 e. The molecule has 104 valence electrons. The molecule has 1 unspecified atom stereocenters. The Bertz CT molecular complexity index is 472. The lowest BCUT2D eigenvalue weighted by atomic mass is 9.97. The van der Waals surface area contributed by atoms with E-state index in [2.05, 4.69) is 15.4 Å². The third-order valence-corrected chi connectivity index (χ3v) is 3.24. The van der Waals surface area contributed by atoms with E-state index >= 15 is 0 Å². The Balaban J connectivity index is 1.93. The molecular formula is C11H18N6O2. The summed E-state index contributed by atoms with van der Waals surface area (Å²) in [6.45, 7) is 1.24. The Morgan fingerprint density at radius 2 is 2.37 bits per heavy atom. The summed E-state index contributed by atoms with van der Waals surface area (Å²) in [7, 11) is 1.61. The van der Waals surface area contributed by atoms with E-state index in [0.29, 0.717) is 13.1 Å². The van der Waals surface area contributed by atoms with Crippen LogP contribution in [0.5, 0.6) is 0 Å². The van der Waals surface area contributed by atoms with E-state index < -0.39 is 0 Å². The molecular weight excluding hydrogens is 248 g/mol. The number of hydrogen-bond donors (Lipinski definition) is 2. The van der Waals surface area contributed by atoms with Gasteiger partial charge in [-0.05, 0) is 12.8 Å². The minimum Gasteiger partial charge on any atom is -0.367 e. The third-order valence-electron chi connectivity index (χ3n) is 3.24. The zero-order valence-electron chi connectivity index (χ0n) is 10.9. The molecule has 0 spiro atoms. The van der Waals surface area contributed by atoms with E-state index in [9.17, 15) is 9.59 Å². The highest BCUT2D eigenvalue weighted by Crippen LogP contribution is 2.16. The van der Waals surface area contributed by atoms with Crippen molar-refractivity contribution in [3.05, 3.63) is 6.33 Å². The van der Waals surface area contributed by atoms with Gasteiger partial charge in [-0.1, -0.05) is 0 Å². The van der Waals surface area contributed by atoms with Gasteiger partial charge in [-0.25, -0.2) is 9.67 Å². The fraction of sp³-hybridized carbons (Fsp3) is 0.636. The van der Waals surface area contributed by atoms with Gasteiger partial charge in [0.2, 0.25) is 17.8 Å². The van der Waals surface area contributed by atoms with Gasteiger partial charge in [-0.15, -0.1) is 5.10 Å². The summed E-state index contributed by atoms with van der Waals surface area (Å²) < 4.78 is 1.40. The molecule has 0 bridgehead atoms. The number of amides is 2. The van der Waals surface area contributed by atoms with E-state index in [-0.39, 0.29) is 30.2 Å². The molecule has 0 aliphatic carbocycles. The molecule has 19 heavy (non-hydrogen) atoms. The van der Waals surface area contributed by atoms with Gasteiger partial charge in [0.15, 0.2) is 0 Å². The second-order valence-corrected chi connectivity index (χ2v) is 4.59. The Labute approximate surface area is 111 Å². The number of aromatic nitrogens is 3. The number of hydrogen-bond acceptors (Lipinski definition) is 5. The van der Waals surface area contributed by atoms with E-state index in [1.54, 1.807) is 11.9 Å². The van der Waals surface area contributed by atoms with E-state index in [0.717, 1.165) is 12.8 Å². The van der Waals surface area contributed by atoms with Crippen molar-refractivity contribution in [2.24, 2.45) is 5.92 Å². The zero-order chi connectivity index (χ0) is 13.8. The normalized spacial score (nSPS) is 19.2. The molecule has 1 fully saturated rings. The number of nitrogen functional groups attached to an aromatic ring is 1. The molecule has 2 rings (SSSR count). The van der Waals surface area contributed by atoms with Gasteiger partial charge < -0.3 is 16.0 Å². The highest BCUT2D eigenvalue weighted by molar-refractivity contribution is 5.81. The predicted molar refractivity (Wildman–Crippen MR) is 67.8 cm³/mol. The van der Waals surface area contributed by atoms with Gasteiger partial charge in [-0.3, -0.25) is 9.59 Å². The third kappa shape index (κ3) is 3.21. The smallest absolute Gasteiger partial charge is 0.244 e. The van der Waals surface area contributed by atoms with Gasteiger partial charge in [-0.2, -0.15) is 0 Å². The number of piperidine rings is 1. The molecule has 2 amide bonds. The van der Waals surface area contributed by atoms with Crippen molar-refractivity contribution in [3.8, 4) is 0 Å². The molecule has 1 atom stereocenters. The molecule has 0 saturated carbocycles. The number of carbonyl (C=O) groups is 2. The van der Waals surface area contributed by atoms with Gasteiger partial charge in [0.1, 0.15) is 12.9 Å². The van der Waals surface area contributed by atoms with Crippen LogP contribution in [0, 0.1) is 5.92 Å². The maximum atomic E-state index is 12.1. The minimum atomic E-state index is -0.122. The molecule has 1 aliphatic rings. The van der Waals surface area contributed by atoms with E-state index in [4.69, 9.17) is 5.73 Å². The maximum absolute atomic E-state index is 12.1. The number of rotatable bonds is 3. The quantitative estimate of drug-likeness (QED) is 0.718. The molecule has 8 nitrogen and oxygen atoms in total. The SMILES string of the molecule is CNC(=O)C1CCCN(C(=O)Cn2cnc(N)n2)C1. The number of carbonyl (C=O) groups excluding carboxylic acids is 2. The van der Waals surface area contributed by atoms with Crippen molar-refractivity contribution in [1.82, 2.24) is 25.0 Å². The standard InChI is InChI=1S/C11H18N6O2/c1-13-10(19)8-3-2-4-16(5-8)9(18)6-17-7-14-11(12)15-17/h7-8H,2-6H2,1H3,(H2,12,15)(H,13,19). The Morgan fingerprint density at radius 3 is 3.00 bits per heavy atom. The molecule has 8 heteroatoms. The van der Waals surface area contributed by atoms with Crippen molar-refractivity contribution in [2.75, 3.05) is 25.9 Å². The summed E-state index contributed by atoms with van der Waals surface area (Å²) in [5.41, 5.74) is 5.39. The van der Waals surface area contributed by atoms with E-state index in [1.807, 2.05) is 0 Å². The molecule has 1 saturated heterocycles. The summed E-state index contributed by atoms with van der Waals surface area (Å²) in [5, 5.41) is 6.50. The average molecular weight is 266 g/mol. The van der Waals surface area contributed by atoms with Crippen molar-refractivity contribution < 1.29 is 9.59 Å². The van der Waals surface area contributed by atoms with Crippen LogP contribution in [0.3, 0.4) is 0 Å². The second kappa shape index (κ2) is 5.68. The molecule has 1 aromatic rings. The van der Waals surface area contributed by atoms with Crippen LogP contribution in [0.25, 0.3) is 0 Å². The molecule has 1 aliphatic heterocycles. The molecule has 3 N–H and O–H groups in total. The first kappa shape index (κ1) is 13.3. The van der Waals surface area contributed by atoms with Gasteiger partial charge in [0.25, 0.3) is 0 Å². The Hall–Kier alpha value is -2.12. The van der Waals surface area contributed by atoms with Crippen molar-refractivity contribution in [3.63, 3.8) is 0 Å². The number of likely N-dealkylation sites (tertiary alicyclic amines) is 1. The number of nitrogens with two attached hydrogens (primary N) is 1. The first-order valence-electron chi connectivity index (χ1n) is 6.24. The fourth-order valence-corrected chi connectivity index (χ4v) is 2.25. The van der Waals surface area contributed by atoms with Crippen molar-refractivity contribution in [2.45, 2.75) is 19.4 Å². The minimum absolute atomic E-state index is 0.0116. The van der Waals surface area contributed by atoms with Gasteiger partial charge >= 0.3 is 0 Å². The highest BCUT2D eigenvalue weighted by atomic mass is 16.2. The van der Waals surface area contributed by atoms with Gasteiger partial charge in [0.05, 0.1) is 5.92 Å². The second-order valence-electron chi connectivity index (χ2n) is 4.59. The van der Waals surface area contributed by atoms with E-state index in [1.165, 1.54) is 11.0 Å². The van der Waals surface area contributed by atoms with Crippen molar-refractivity contribution in [1.29, 1.82) is 0 Å². The molecule has 1 aromatic heterocycles. The van der Waals surface area contributed by atoms with Crippen LogP contribution >= 0.6 is 0 Å². The lowest BCUT2D eigenvalue weighted by Crippen LogP contribution is -2.45. The lowest BCUT2D eigenvalue weighted by Gasteiger charge is -2.31. The van der Waals surface area contributed by atoms with Crippen LogP contribution in [-0.4, -0.2) is 51.6 Å². The van der Waals surface area contributed by atoms with Crippen LogP contribution in [-0.2, 0) is 16.1 Å². The van der Waals surface area contributed by atoms with Crippen LogP contribution in [0.4, 0.5) is 5.95 Å². The van der Waals surface area contributed by atoms with Crippen LogP contribution in [0.2, 0.25) is 0 Å². The number of nitrogens with one attached hydrogen (secondary N) is 1. The average Bonchev–Trinajstić information content (AvgIpc) is 2.83. The monoisotopic (exact) mass is 266 g/mol. The zero-order valence-corrected chi connectivity index (χ0v) is 10.9. The fourth-order valence-electron chi connectivity index (χ4n) is 2.25. The Kier molecular flexibility index (Phi) is 3.98. The summed E-state index contributed by atoms with van der Waals surface area (Å²) in [5.74, 6) is -0.0563. The summed E-state index contributed by atoms with van der Waals surface area (Å²) in [4.78, 5) is 29.2. The van der Waals surface area contributed by atoms with Crippen LogP contribution < -0.4 is 11.1 Å². The summed E-state index contributed by atoms with van der Waals surface area (Å²) >= 11 is 0. The summed E-state index contributed by atoms with van der Waals surface area (Å²) in [6, 6.07) is 0. The van der Waals surface area contributed by atoms with Crippen LogP contribution in [0.1, 0.15) is 12.8 Å².